The Morgan fingerprint density at radius 3 is 2.57 bits per heavy atom. The number of rotatable bonds is 4. The van der Waals surface area contributed by atoms with Gasteiger partial charge in [0.25, 0.3) is 0 Å². The van der Waals surface area contributed by atoms with E-state index < -0.39 is 0 Å². The van der Waals surface area contributed by atoms with Gasteiger partial charge in [-0.05, 0) is 62.3 Å². The summed E-state index contributed by atoms with van der Waals surface area (Å²) >= 11 is 0. The van der Waals surface area contributed by atoms with Gasteiger partial charge in [0.15, 0.2) is 0 Å². The summed E-state index contributed by atoms with van der Waals surface area (Å²) in [6.45, 7) is 1.26. The lowest BCUT2D eigenvalue weighted by Crippen LogP contribution is -2.59. The van der Waals surface area contributed by atoms with Crippen LogP contribution in [-0.2, 0) is 9.53 Å². The quantitative estimate of drug-likeness (QED) is 0.817. The Morgan fingerprint density at radius 2 is 1.89 bits per heavy atom. The minimum atomic E-state index is -0.349. The number of hydrogen-bond donors (Lipinski definition) is 2. The molecule has 2 amide bonds. The summed E-state index contributed by atoms with van der Waals surface area (Å²) in [4.78, 5) is 35.0. The molecular formula is C20H27N5O3. The number of hydrogen-bond acceptors (Lipinski definition) is 6. The third-order valence-electron chi connectivity index (χ3n) is 7.29. The summed E-state index contributed by atoms with van der Waals surface area (Å²) < 4.78 is 6.01. The first kappa shape index (κ1) is 17.7. The molecule has 5 fully saturated rings. The number of nitrogens with one attached hydrogen (secondary N) is 1. The largest absolute Gasteiger partial charge is 0.446 e. The van der Waals surface area contributed by atoms with Crippen LogP contribution in [0.3, 0.4) is 0 Å². The van der Waals surface area contributed by atoms with E-state index in [-0.39, 0.29) is 41.4 Å². The van der Waals surface area contributed by atoms with Crippen LogP contribution in [0.25, 0.3) is 0 Å². The van der Waals surface area contributed by atoms with Gasteiger partial charge in [-0.3, -0.25) is 4.79 Å². The Labute approximate surface area is 164 Å². The van der Waals surface area contributed by atoms with Crippen LogP contribution >= 0.6 is 0 Å². The third-order valence-corrected chi connectivity index (χ3v) is 7.29. The van der Waals surface area contributed by atoms with Crippen molar-refractivity contribution in [2.45, 2.75) is 50.7 Å². The molecule has 8 heteroatoms. The van der Waals surface area contributed by atoms with Crippen molar-refractivity contribution in [3.05, 3.63) is 18.5 Å². The number of nitrogens with two attached hydrogens (primary N) is 1. The number of ether oxygens (including phenoxy) is 1. The van der Waals surface area contributed by atoms with Crippen molar-refractivity contribution in [1.82, 2.24) is 14.9 Å². The van der Waals surface area contributed by atoms with Crippen LogP contribution in [0.15, 0.2) is 18.5 Å². The zero-order chi connectivity index (χ0) is 19.3. The molecule has 0 radical (unpaired) electrons. The number of carbonyl (C=O) groups is 2. The Morgan fingerprint density at radius 1 is 1.18 bits per heavy atom. The highest BCUT2D eigenvalue weighted by Crippen LogP contribution is 2.60. The summed E-state index contributed by atoms with van der Waals surface area (Å²) in [5.41, 5.74) is 5.39. The first-order valence-corrected chi connectivity index (χ1v) is 10.3. The average Bonchev–Trinajstić information content (AvgIpc) is 3.13. The predicted octanol–water partition coefficient (Wildman–Crippen LogP) is 1.78. The van der Waals surface area contributed by atoms with E-state index in [0.29, 0.717) is 25.0 Å². The molecule has 1 aromatic heterocycles. The molecule has 3 atom stereocenters. The predicted molar refractivity (Wildman–Crippen MR) is 101 cm³/mol. The maximum absolute atomic E-state index is 12.8. The van der Waals surface area contributed by atoms with Crippen LogP contribution in [-0.4, -0.2) is 52.1 Å². The number of carbonyl (C=O) groups excluding carboxylic acids is 2. The van der Waals surface area contributed by atoms with E-state index >= 15 is 0 Å². The monoisotopic (exact) mass is 385 g/mol. The number of nitrogens with zero attached hydrogens (tertiary/aromatic N) is 3. The first-order valence-electron chi connectivity index (χ1n) is 10.3. The average molecular weight is 385 g/mol. The highest BCUT2D eigenvalue weighted by atomic mass is 16.6. The Kier molecular flexibility index (Phi) is 4.17. The minimum Gasteiger partial charge on any atom is -0.446 e. The summed E-state index contributed by atoms with van der Waals surface area (Å²) in [5, 5.41) is 3.28. The van der Waals surface area contributed by atoms with Gasteiger partial charge in [0.2, 0.25) is 11.9 Å². The molecule has 1 saturated heterocycles. The molecular weight excluding hydrogens is 358 g/mol. The molecule has 1 aromatic rings. The second-order valence-corrected chi connectivity index (χ2v) is 9.11. The van der Waals surface area contributed by atoms with Crippen molar-refractivity contribution >= 4 is 17.9 Å². The summed E-state index contributed by atoms with van der Waals surface area (Å²) in [5.74, 6) is 1.54. The van der Waals surface area contributed by atoms with Crippen molar-refractivity contribution in [3.63, 3.8) is 0 Å². The maximum Gasteiger partial charge on any atom is 0.410 e. The van der Waals surface area contributed by atoms with Gasteiger partial charge in [0.05, 0.1) is 5.41 Å². The van der Waals surface area contributed by atoms with Crippen molar-refractivity contribution in [1.29, 1.82) is 0 Å². The molecule has 0 spiro atoms. The normalized spacial score (nSPS) is 38.4. The zero-order valence-corrected chi connectivity index (χ0v) is 15.9. The van der Waals surface area contributed by atoms with Crippen molar-refractivity contribution in [2.75, 3.05) is 18.4 Å². The van der Waals surface area contributed by atoms with Crippen molar-refractivity contribution in [2.24, 2.45) is 28.9 Å². The molecule has 4 saturated carbocycles. The highest BCUT2D eigenvalue weighted by Gasteiger charge is 2.59. The lowest BCUT2D eigenvalue weighted by atomic mass is 9.48. The second-order valence-electron chi connectivity index (χ2n) is 9.11. The van der Waals surface area contributed by atoms with Crippen LogP contribution in [0.2, 0.25) is 0 Å². The number of aromatic nitrogens is 2. The van der Waals surface area contributed by atoms with E-state index in [0.717, 1.165) is 38.5 Å². The molecule has 3 N–H and O–H groups in total. The fraction of sp³-hybridized carbons (Fsp3) is 0.700. The molecule has 1 aliphatic heterocycles. The van der Waals surface area contributed by atoms with Crippen LogP contribution in [0.5, 0.6) is 0 Å². The lowest BCUT2D eigenvalue weighted by molar-refractivity contribution is -0.161. The van der Waals surface area contributed by atoms with Gasteiger partial charge in [-0.25, -0.2) is 14.8 Å². The van der Waals surface area contributed by atoms with Gasteiger partial charge in [-0.1, -0.05) is 0 Å². The van der Waals surface area contributed by atoms with Crippen molar-refractivity contribution in [3.8, 4) is 0 Å². The number of anilines is 1. The fourth-order valence-electron chi connectivity index (χ4n) is 6.26. The summed E-state index contributed by atoms with van der Waals surface area (Å²) in [6, 6.07) is 1.91. The van der Waals surface area contributed by atoms with Gasteiger partial charge in [-0.2, -0.15) is 0 Å². The molecule has 28 heavy (non-hydrogen) atoms. The number of amides is 2. The van der Waals surface area contributed by atoms with Gasteiger partial charge in [0, 0.05) is 31.5 Å². The fourth-order valence-corrected chi connectivity index (χ4v) is 6.26. The zero-order valence-electron chi connectivity index (χ0n) is 15.9. The summed E-state index contributed by atoms with van der Waals surface area (Å²) in [6.07, 6.45) is 8.53. The van der Waals surface area contributed by atoms with Gasteiger partial charge >= 0.3 is 6.09 Å². The third kappa shape index (κ3) is 2.99. The smallest absolute Gasteiger partial charge is 0.410 e. The van der Waals surface area contributed by atoms with Gasteiger partial charge < -0.3 is 20.7 Å². The van der Waals surface area contributed by atoms with E-state index in [1.54, 1.807) is 23.4 Å². The molecule has 0 aromatic carbocycles. The van der Waals surface area contributed by atoms with E-state index in [2.05, 4.69) is 15.3 Å². The second kappa shape index (κ2) is 6.60. The van der Waals surface area contributed by atoms with E-state index in [1.165, 1.54) is 0 Å². The lowest BCUT2D eigenvalue weighted by Gasteiger charge is -2.58. The van der Waals surface area contributed by atoms with Gasteiger partial charge in [0.1, 0.15) is 6.10 Å². The molecule has 2 heterocycles. The van der Waals surface area contributed by atoms with Crippen LogP contribution in [0.4, 0.5) is 10.7 Å². The SMILES string of the molecule is NC(=O)C12CC3C[C@H](C1)C(OC(=O)N1CCC(Nc4ncccn4)C1)[C@H](C3)C2. The van der Waals surface area contributed by atoms with E-state index in [4.69, 9.17) is 10.5 Å². The molecule has 1 unspecified atom stereocenters. The van der Waals surface area contributed by atoms with Crippen LogP contribution in [0.1, 0.15) is 38.5 Å². The standard InChI is InChI=1S/C20H27N5O3/c21-17(26)20-8-12-6-13(9-20)16(14(7-12)10-20)28-19(27)25-5-2-15(11-25)24-18-22-3-1-4-23-18/h1,3-4,12-16H,2,5-11H2,(H2,21,26)(H,22,23,24)/t12?,13-,14-,15?,16?,20?/m1/s1. The van der Waals surface area contributed by atoms with Crippen molar-refractivity contribution < 1.29 is 14.3 Å². The molecule has 6 rings (SSSR count). The van der Waals surface area contributed by atoms with Gasteiger partial charge in [-0.15, -0.1) is 0 Å². The van der Waals surface area contributed by atoms with Crippen LogP contribution < -0.4 is 11.1 Å². The van der Waals surface area contributed by atoms with E-state index in [1.807, 2.05) is 0 Å². The molecule has 8 nitrogen and oxygen atoms in total. The Bertz CT molecular complexity index is 756. The Balaban J connectivity index is 1.20. The maximum atomic E-state index is 12.8. The molecule has 150 valence electrons. The molecule has 4 bridgehead atoms. The topological polar surface area (TPSA) is 110 Å². The molecule has 4 aliphatic carbocycles. The summed E-state index contributed by atoms with van der Waals surface area (Å²) in [7, 11) is 0. The van der Waals surface area contributed by atoms with Crippen LogP contribution in [0, 0.1) is 23.2 Å². The number of likely N-dealkylation sites (tertiary alicyclic amines) is 1. The Hall–Kier alpha value is -2.38. The highest BCUT2D eigenvalue weighted by molar-refractivity contribution is 5.81. The number of primary amides is 1. The van der Waals surface area contributed by atoms with E-state index in [9.17, 15) is 9.59 Å². The first-order chi connectivity index (χ1) is 13.5. The molecule has 5 aliphatic rings. The minimum absolute atomic E-state index is 0.0685.